The number of amides is 2. The first-order valence-electron chi connectivity index (χ1n) is 5.96. The van der Waals surface area contributed by atoms with Crippen molar-refractivity contribution < 1.29 is 4.79 Å². The fourth-order valence-electron chi connectivity index (χ4n) is 2.31. The van der Waals surface area contributed by atoms with E-state index in [-0.39, 0.29) is 12.1 Å². The van der Waals surface area contributed by atoms with Gasteiger partial charge >= 0.3 is 6.03 Å². The van der Waals surface area contributed by atoms with Crippen molar-refractivity contribution in [2.75, 3.05) is 0 Å². The van der Waals surface area contributed by atoms with Gasteiger partial charge in [0, 0.05) is 12.1 Å². The zero-order valence-corrected chi connectivity index (χ0v) is 10.4. The first-order valence-corrected chi connectivity index (χ1v) is 5.96. The summed E-state index contributed by atoms with van der Waals surface area (Å²) in [5.74, 6) is 0. The van der Waals surface area contributed by atoms with Crippen LogP contribution in [0, 0.1) is 5.41 Å². The molecule has 0 aromatic heterocycles. The van der Waals surface area contributed by atoms with Gasteiger partial charge < -0.3 is 10.6 Å². The molecule has 0 saturated heterocycles. The van der Waals surface area contributed by atoms with Gasteiger partial charge in [0.25, 0.3) is 0 Å². The highest BCUT2D eigenvalue weighted by Crippen LogP contribution is 2.34. The summed E-state index contributed by atoms with van der Waals surface area (Å²) in [6.07, 6.45) is 4.71. The minimum Gasteiger partial charge on any atom is -0.336 e. The van der Waals surface area contributed by atoms with E-state index < -0.39 is 0 Å². The fraction of sp³-hybridized carbons (Fsp3) is 0.917. The van der Waals surface area contributed by atoms with Crippen molar-refractivity contribution in [1.29, 1.82) is 0 Å². The monoisotopic (exact) mass is 212 g/mol. The van der Waals surface area contributed by atoms with Crippen LogP contribution in [0.3, 0.4) is 0 Å². The molecule has 1 aliphatic rings. The molecule has 88 valence electrons. The van der Waals surface area contributed by atoms with Gasteiger partial charge in [-0.1, -0.05) is 20.3 Å². The predicted molar refractivity (Wildman–Crippen MR) is 62.8 cm³/mol. The molecule has 2 N–H and O–H groups in total. The SMILES string of the molecule is CC(C)NC(=O)NC1CCCC(C)(C)C1. The van der Waals surface area contributed by atoms with E-state index in [9.17, 15) is 4.79 Å². The lowest BCUT2D eigenvalue weighted by Crippen LogP contribution is -2.47. The second-order valence-corrected chi connectivity index (χ2v) is 5.73. The summed E-state index contributed by atoms with van der Waals surface area (Å²) in [4.78, 5) is 11.5. The molecule has 0 aliphatic heterocycles. The third-order valence-electron chi connectivity index (χ3n) is 2.96. The van der Waals surface area contributed by atoms with E-state index in [0.29, 0.717) is 11.5 Å². The Morgan fingerprint density at radius 1 is 1.40 bits per heavy atom. The summed E-state index contributed by atoms with van der Waals surface area (Å²) >= 11 is 0. The summed E-state index contributed by atoms with van der Waals surface area (Å²) in [5, 5.41) is 5.92. The second-order valence-electron chi connectivity index (χ2n) is 5.73. The Balaban J connectivity index is 2.35. The normalized spacial score (nSPS) is 25.0. The first kappa shape index (κ1) is 12.3. The van der Waals surface area contributed by atoms with Crippen molar-refractivity contribution in [3.63, 3.8) is 0 Å². The van der Waals surface area contributed by atoms with E-state index in [4.69, 9.17) is 0 Å². The molecule has 1 atom stereocenters. The van der Waals surface area contributed by atoms with E-state index in [1.54, 1.807) is 0 Å². The highest BCUT2D eigenvalue weighted by molar-refractivity contribution is 5.74. The maximum absolute atomic E-state index is 11.5. The lowest BCUT2D eigenvalue weighted by molar-refractivity contribution is 0.191. The van der Waals surface area contributed by atoms with Gasteiger partial charge in [-0.05, 0) is 38.5 Å². The van der Waals surface area contributed by atoms with E-state index in [2.05, 4.69) is 24.5 Å². The molecule has 1 rings (SSSR count). The Labute approximate surface area is 93.0 Å². The van der Waals surface area contributed by atoms with Crippen LogP contribution < -0.4 is 10.6 Å². The largest absolute Gasteiger partial charge is 0.336 e. The number of urea groups is 1. The molecule has 0 spiro atoms. The number of carbonyl (C=O) groups is 1. The summed E-state index contributed by atoms with van der Waals surface area (Å²) in [5.41, 5.74) is 0.383. The lowest BCUT2D eigenvalue weighted by Gasteiger charge is -2.35. The molecule has 0 heterocycles. The Hall–Kier alpha value is -0.730. The van der Waals surface area contributed by atoms with Gasteiger partial charge in [0.1, 0.15) is 0 Å². The molecular formula is C12H24N2O. The summed E-state index contributed by atoms with van der Waals surface area (Å²) in [6, 6.07) is 0.543. The van der Waals surface area contributed by atoms with Crippen molar-refractivity contribution in [1.82, 2.24) is 10.6 Å². The maximum atomic E-state index is 11.5. The molecule has 1 saturated carbocycles. The van der Waals surface area contributed by atoms with Crippen LogP contribution in [0.4, 0.5) is 4.79 Å². The van der Waals surface area contributed by atoms with Crippen LogP contribution in [0.5, 0.6) is 0 Å². The van der Waals surface area contributed by atoms with Crippen LogP contribution in [0.1, 0.15) is 53.4 Å². The molecule has 1 aliphatic carbocycles. The van der Waals surface area contributed by atoms with Crippen molar-refractivity contribution in [2.45, 2.75) is 65.5 Å². The van der Waals surface area contributed by atoms with Crippen molar-refractivity contribution in [3.8, 4) is 0 Å². The Kier molecular flexibility index (Phi) is 4.00. The van der Waals surface area contributed by atoms with Crippen LogP contribution in [-0.2, 0) is 0 Å². The molecule has 0 aromatic rings. The van der Waals surface area contributed by atoms with Crippen molar-refractivity contribution in [3.05, 3.63) is 0 Å². The molecule has 15 heavy (non-hydrogen) atoms. The molecule has 3 nitrogen and oxygen atoms in total. The Bertz CT molecular complexity index is 224. The van der Waals surface area contributed by atoms with Gasteiger partial charge in [0.15, 0.2) is 0 Å². The highest BCUT2D eigenvalue weighted by Gasteiger charge is 2.28. The minimum atomic E-state index is -0.0206. The minimum absolute atomic E-state index is 0.0206. The van der Waals surface area contributed by atoms with E-state index in [1.165, 1.54) is 12.8 Å². The predicted octanol–water partition coefficient (Wildman–Crippen LogP) is 2.66. The van der Waals surface area contributed by atoms with Crippen molar-refractivity contribution in [2.24, 2.45) is 5.41 Å². The topological polar surface area (TPSA) is 41.1 Å². The molecule has 0 aromatic carbocycles. The maximum Gasteiger partial charge on any atom is 0.315 e. The molecule has 2 amide bonds. The zero-order valence-electron chi connectivity index (χ0n) is 10.4. The number of hydrogen-bond donors (Lipinski definition) is 2. The van der Waals surface area contributed by atoms with Crippen LogP contribution in [0.25, 0.3) is 0 Å². The van der Waals surface area contributed by atoms with Crippen LogP contribution >= 0.6 is 0 Å². The smallest absolute Gasteiger partial charge is 0.315 e. The van der Waals surface area contributed by atoms with Gasteiger partial charge in [-0.25, -0.2) is 4.79 Å². The Morgan fingerprint density at radius 3 is 2.60 bits per heavy atom. The molecule has 0 bridgehead atoms. The van der Waals surface area contributed by atoms with Gasteiger partial charge in [-0.3, -0.25) is 0 Å². The lowest BCUT2D eigenvalue weighted by atomic mass is 9.75. The zero-order chi connectivity index (χ0) is 11.5. The molecule has 1 fully saturated rings. The van der Waals surface area contributed by atoms with E-state index >= 15 is 0 Å². The first-order chi connectivity index (χ1) is 6.89. The number of nitrogens with one attached hydrogen (secondary N) is 2. The van der Waals surface area contributed by atoms with E-state index in [1.807, 2.05) is 13.8 Å². The quantitative estimate of drug-likeness (QED) is 0.726. The highest BCUT2D eigenvalue weighted by atomic mass is 16.2. The third kappa shape index (κ3) is 4.54. The number of hydrogen-bond acceptors (Lipinski definition) is 1. The van der Waals surface area contributed by atoms with Gasteiger partial charge in [-0.15, -0.1) is 0 Å². The van der Waals surface area contributed by atoms with E-state index in [0.717, 1.165) is 12.8 Å². The summed E-state index contributed by atoms with van der Waals surface area (Å²) in [7, 11) is 0. The standard InChI is InChI=1S/C12H24N2O/c1-9(2)13-11(15)14-10-6-5-7-12(3,4)8-10/h9-10H,5-8H2,1-4H3,(H2,13,14,15). The molecular weight excluding hydrogens is 188 g/mol. The van der Waals surface area contributed by atoms with Crippen LogP contribution in [0.15, 0.2) is 0 Å². The van der Waals surface area contributed by atoms with Gasteiger partial charge in [0.2, 0.25) is 0 Å². The van der Waals surface area contributed by atoms with Crippen LogP contribution in [0.2, 0.25) is 0 Å². The second kappa shape index (κ2) is 4.86. The Morgan fingerprint density at radius 2 is 2.07 bits per heavy atom. The fourth-order valence-corrected chi connectivity index (χ4v) is 2.31. The average molecular weight is 212 g/mol. The molecule has 0 radical (unpaired) electrons. The number of rotatable bonds is 2. The van der Waals surface area contributed by atoms with Crippen molar-refractivity contribution >= 4 is 6.03 Å². The average Bonchev–Trinajstić information content (AvgIpc) is 1.99. The van der Waals surface area contributed by atoms with Crippen LogP contribution in [-0.4, -0.2) is 18.1 Å². The number of carbonyl (C=O) groups excluding carboxylic acids is 1. The molecule has 3 heteroatoms. The van der Waals surface area contributed by atoms with Gasteiger partial charge in [-0.2, -0.15) is 0 Å². The summed E-state index contributed by atoms with van der Waals surface area (Å²) < 4.78 is 0. The molecule has 1 unspecified atom stereocenters. The third-order valence-corrected chi connectivity index (χ3v) is 2.96. The van der Waals surface area contributed by atoms with Gasteiger partial charge in [0.05, 0.1) is 0 Å². The summed E-state index contributed by atoms with van der Waals surface area (Å²) in [6.45, 7) is 8.51.